The minimum Gasteiger partial charge on any atom is -0.467 e. The first kappa shape index (κ1) is 13.7. The molecule has 0 spiro atoms. The van der Waals surface area contributed by atoms with Crippen LogP contribution in [0.2, 0.25) is 0 Å². The number of rotatable bonds is 4. The van der Waals surface area contributed by atoms with Gasteiger partial charge in [-0.05, 0) is 49.7 Å². The van der Waals surface area contributed by atoms with Crippen molar-refractivity contribution in [3.8, 4) is 0 Å². The summed E-state index contributed by atoms with van der Waals surface area (Å²) in [5.74, 6) is -0.229. The van der Waals surface area contributed by atoms with Gasteiger partial charge in [0.25, 0.3) is 0 Å². The van der Waals surface area contributed by atoms with Gasteiger partial charge in [0.15, 0.2) is 0 Å². The lowest BCUT2D eigenvalue weighted by Crippen LogP contribution is -2.23. The minimum atomic E-state index is -0.477. The van der Waals surface area contributed by atoms with Crippen LogP contribution >= 0.6 is 0 Å². The summed E-state index contributed by atoms with van der Waals surface area (Å²) in [7, 11) is 0. The van der Waals surface area contributed by atoms with Crippen LogP contribution in [0.1, 0.15) is 35.4 Å². The molecule has 0 aliphatic heterocycles. The molecule has 0 fully saturated rings. The van der Waals surface area contributed by atoms with Crippen molar-refractivity contribution in [2.45, 2.75) is 26.8 Å². The zero-order valence-corrected chi connectivity index (χ0v) is 11.3. The second kappa shape index (κ2) is 5.53. The average Bonchev–Trinajstić information content (AvgIpc) is 2.77. The summed E-state index contributed by atoms with van der Waals surface area (Å²) in [4.78, 5) is 0. The fourth-order valence-corrected chi connectivity index (χ4v) is 2.11. The Morgan fingerprint density at radius 1 is 1.16 bits per heavy atom. The summed E-state index contributed by atoms with van der Waals surface area (Å²) in [6.45, 7) is 5.96. The quantitative estimate of drug-likeness (QED) is 0.907. The predicted molar refractivity (Wildman–Crippen MR) is 70.1 cm³/mol. The number of hydrogen-bond donors (Lipinski definition) is 1. The van der Waals surface area contributed by atoms with Crippen LogP contribution in [0.4, 0.5) is 8.78 Å². The molecule has 4 heteroatoms. The predicted octanol–water partition coefficient (Wildman–Crippen LogP) is 3.87. The molecule has 102 valence electrons. The van der Waals surface area contributed by atoms with Gasteiger partial charge < -0.3 is 9.73 Å². The van der Waals surface area contributed by atoms with E-state index in [-0.39, 0.29) is 5.56 Å². The first-order chi connectivity index (χ1) is 9.04. The molecule has 0 amide bonds. The number of furan rings is 1. The van der Waals surface area contributed by atoms with E-state index in [9.17, 15) is 8.78 Å². The molecule has 1 atom stereocenters. The molecular weight excluding hydrogens is 248 g/mol. The minimum absolute atomic E-state index is 0.267. The fourth-order valence-electron chi connectivity index (χ4n) is 2.11. The van der Waals surface area contributed by atoms with Crippen molar-refractivity contribution >= 4 is 0 Å². The highest BCUT2D eigenvalue weighted by Crippen LogP contribution is 2.29. The Balaban J connectivity index is 2.51. The smallest absolute Gasteiger partial charge is 0.128 e. The van der Waals surface area contributed by atoms with Gasteiger partial charge in [-0.2, -0.15) is 0 Å². The van der Waals surface area contributed by atoms with Crippen LogP contribution in [0, 0.1) is 25.5 Å². The Hall–Kier alpha value is -1.68. The highest BCUT2D eigenvalue weighted by atomic mass is 19.1. The van der Waals surface area contributed by atoms with E-state index in [1.807, 2.05) is 19.9 Å². The summed E-state index contributed by atoms with van der Waals surface area (Å²) in [6, 6.07) is 3.78. The number of nitrogens with one attached hydrogen (secondary N) is 1. The van der Waals surface area contributed by atoms with E-state index in [1.165, 1.54) is 12.1 Å². The van der Waals surface area contributed by atoms with E-state index in [4.69, 9.17) is 4.42 Å². The molecule has 1 unspecified atom stereocenters. The largest absolute Gasteiger partial charge is 0.467 e. The summed E-state index contributed by atoms with van der Waals surface area (Å²) in [5, 5.41) is 3.13. The highest BCUT2D eigenvalue weighted by Gasteiger charge is 2.22. The lowest BCUT2D eigenvalue weighted by Gasteiger charge is -2.18. The van der Waals surface area contributed by atoms with Crippen LogP contribution in [-0.2, 0) is 0 Å². The molecule has 0 saturated heterocycles. The molecule has 0 radical (unpaired) electrons. The van der Waals surface area contributed by atoms with Crippen LogP contribution in [-0.4, -0.2) is 6.54 Å². The number of hydrogen-bond acceptors (Lipinski definition) is 2. The van der Waals surface area contributed by atoms with E-state index in [2.05, 4.69) is 5.32 Å². The van der Waals surface area contributed by atoms with Gasteiger partial charge in [0, 0.05) is 5.56 Å². The van der Waals surface area contributed by atoms with E-state index >= 15 is 0 Å². The molecule has 0 aliphatic rings. The molecular formula is C15H17F2NO. The molecule has 1 N–H and O–H groups in total. The summed E-state index contributed by atoms with van der Waals surface area (Å²) >= 11 is 0. The van der Waals surface area contributed by atoms with E-state index in [1.54, 1.807) is 13.2 Å². The third kappa shape index (κ3) is 2.68. The molecule has 0 bridgehead atoms. The van der Waals surface area contributed by atoms with Crippen LogP contribution in [0.25, 0.3) is 0 Å². The number of aryl methyl sites for hydroxylation is 2. The Labute approximate surface area is 111 Å². The average molecular weight is 265 g/mol. The van der Waals surface area contributed by atoms with Crippen molar-refractivity contribution in [1.82, 2.24) is 5.32 Å². The molecule has 2 aromatic rings. The maximum atomic E-state index is 14.1. The van der Waals surface area contributed by atoms with Gasteiger partial charge in [0.2, 0.25) is 0 Å². The van der Waals surface area contributed by atoms with Crippen LogP contribution in [0.5, 0.6) is 0 Å². The zero-order valence-electron chi connectivity index (χ0n) is 11.3. The van der Waals surface area contributed by atoms with E-state index < -0.39 is 17.7 Å². The van der Waals surface area contributed by atoms with E-state index in [0.29, 0.717) is 17.9 Å². The van der Waals surface area contributed by atoms with Crippen molar-refractivity contribution in [2.24, 2.45) is 0 Å². The molecule has 2 rings (SSSR count). The Morgan fingerprint density at radius 2 is 1.89 bits per heavy atom. The van der Waals surface area contributed by atoms with Crippen LogP contribution in [0.15, 0.2) is 28.9 Å². The second-order valence-corrected chi connectivity index (χ2v) is 4.58. The van der Waals surface area contributed by atoms with Gasteiger partial charge >= 0.3 is 0 Å². The third-order valence-corrected chi connectivity index (χ3v) is 3.16. The van der Waals surface area contributed by atoms with Crippen molar-refractivity contribution in [3.63, 3.8) is 0 Å². The van der Waals surface area contributed by atoms with Gasteiger partial charge in [-0.3, -0.25) is 0 Å². The van der Waals surface area contributed by atoms with Crippen molar-refractivity contribution in [1.29, 1.82) is 0 Å². The van der Waals surface area contributed by atoms with Crippen molar-refractivity contribution in [3.05, 3.63) is 58.5 Å². The molecule has 1 aromatic heterocycles. The summed E-state index contributed by atoms with van der Waals surface area (Å²) in [5.41, 5.74) is 1.47. The number of benzene rings is 1. The fraction of sp³-hybridized carbons (Fsp3) is 0.333. The molecule has 1 heterocycles. The summed E-state index contributed by atoms with van der Waals surface area (Å²) in [6.07, 6.45) is 1.55. The SMILES string of the molecule is CCNC(c1cc(F)c(C)cc1F)c1occc1C. The Bertz CT molecular complexity index is 578. The molecule has 2 nitrogen and oxygen atoms in total. The van der Waals surface area contributed by atoms with Gasteiger partial charge in [0.05, 0.1) is 12.3 Å². The Morgan fingerprint density at radius 3 is 2.47 bits per heavy atom. The zero-order chi connectivity index (χ0) is 14.0. The van der Waals surface area contributed by atoms with Gasteiger partial charge in [-0.25, -0.2) is 8.78 Å². The van der Waals surface area contributed by atoms with Gasteiger partial charge in [-0.1, -0.05) is 6.92 Å². The first-order valence-corrected chi connectivity index (χ1v) is 6.27. The molecule has 1 aromatic carbocycles. The van der Waals surface area contributed by atoms with Gasteiger partial charge in [-0.15, -0.1) is 0 Å². The Kier molecular flexibility index (Phi) is 4.00. The molecule has 0 saturated carbocycles. The van der Waals surface area contributed by atoms with Crippen molar-refractivity contribution < 1.29 is 13.2 Å². The first-order valence-electron chi connectivity index (χ1n) is 6.27. The maximum absolute atomic E-state index is 14.1. The van der Waals surface area contributed by atoms with Crippen LogP contribution < -0.4 is 5.32 Å². The van der Waals surface area contributed by atoms with Crippen molar-refractivity contribution in [2.75, 3.05) is 6.54 Å². The molecule has 19 heavy (non-hydrogen) atoms. The molecule has 0 aliphatic carbocycles. The second-order valence-electron chi connectivity index (χ2n) is 4.58. The number of halogens is 2. The topological polar surface area (TPSA) is 25.2 Å². The van der Waals surface area contributed by atoms with E-state index in [0.717, 1.165) is 5.56 Å². The maximum Gasteiger partial charge on any atom is 0.128 e. The van der Waals surface area contributed by atoms with Crippen LogP contribution in [0.3, 0.4) is 0 Å². The lowest BCUT2D eigenvalue weighted by molar-refractivity contribution is 0.436. The highest BCUT2D eigenvalue weighted by molar-refractivity contribution is 5.34. The van der Waals surface area contributed by atoms with Gasteiger partial charge in [0.1, 0.15) is 17.4 Å². The monoisotopic (exact) mass is 265 g/mol. The third-order valence-electron chi connectivity index (χ3n) is 3.16. The lowest BCUT2D eigenvalue weighted by atomic mass is 9.99. The standard InChI is InChI=1S/C15H17F2NO/c1-4-18-14(15-9(2)5-6-19-15)11-8-12(16)10(3)7-13(11)17/h5-8,14,18H,4H2,1-3H3. The summed E-state index contributed by atoms with van der Waals surface area (Å²) < 4.78 is 33.2. The normalized spacial score (nSPS) is 12.7.